The zero-order valence-electron chi connectivity index (χ0n) is 10.4. The van der Waals surface area contributed by atoms with Gasteiger partial charge in [0.2, 0.25) is 0 Å². The van der Waals surface area contributed by atoms with Crippen molar-refractivity contribution in [1.29, 1.82) is 10.5 Å². The molecule has 18 heavy (non-hydrogen) atoms. The van der Waals surface area contributed by atoms with E-state index in [-0.39, 0.29) is 12.1 Å². The Morgan fingerprint density at radius 2 is 1.94 bits per heavy atom. The third kappa shape index (κ3) is 2.31. The Morgan fingerprint density at radius 3 is 2.33 bits per heavy atom. The fourth-order valence-electron chi connectivity index (χ4n) is 2.07. The van der Waals surface area contributed by atoms with Crippen molar-refractivity contribution in [3.05, 3.63) is 38.4 Å². The average Bonchev–Trinajstić information content (AvgIpc) is 2.37. The van der Waals surface area contributed by atoms with E-state index >= 15 is 0 Å². The summed E-state index contributed by atoms with van der Waals surface area (Å²) in [6.07, 6.45) is 1.02. The maximum absolute atomic E-state index is 11.0. The Balaban J connectivity index is 3.71. The van der Waals surface area contributed by atoms with E-state index < -0.39 is 4.92 Å². The zero-order valence-corrected chi connectivity index (χ0v) is 10.4. The van der Waals surface area contributed by atoms with Gasteiger partial charge in [0.25, 0.3) is 5.69 Å². The van der Waals surface area contributed by atoms with E-state index in [0.29, 0.717) is 35.1 Å². The molecule has 0 N–H and O–H groups in total. The molecule has 0 aromatic heterocycles. The van der Waals surface area contributed by atoms with E-state index in [4.69, 9.17) is 5.26 Å². The normalized spacial score (nSPS) is 9.56. The van der Waals surface area contributed by atoms with E-state index in [9.17, 15) is 15.4 Å². The van der Waals surface area contributed by atoms with Crippen LogP contribution in [0.15, 0.2) is 6.07 Å². The molecule has 92 valence electrons. The first-order chi connectivity index (χ1) is 8.60. The maximum atomic E-state index is 11.0. The maximum Gasteiger partial charge on any atom is 0.274 e. The largest absolute Gasteiger partial charge is 0.274 e. The van der Waals surface area contributed by atoms with Crippen LogP contribution in [-0.2, 0) is 19.3 Å². The summed E-state index contributed by atoms with van der Waals surface area (Å²) < 4.78 is 0. The van der Waals surface area contributed by atoms with E-state index in [1.807, 2.05) is 19.9 Å². The van der Waals surface area contributed by atoms with Crippen molar-refractivity contribution in [3.8, 4) is 12.1 Å². The second kappa shape index (κ2) is 5.79. The molecule has 1 aromatic carbocycles. The fraction of sp³-hybridized carbons (Fsp3) is 0.385. The van der Waals surface area contributed by atoms with Crippen molar-refractivity contribution >= 4 is 5.69 Å². The summed E-state index contributed by atoms with van der Waals surface area (Å²) in [6, 6.07) is 5.45. The van der Waals surface area contributed by atoms with E-state index in [0.717, 1.165) is 0 Å². The highest BCUT2D eigenvalue weighted by Gasteiger charge is 2.22. The highest BCUT2D eigenvalue weighted by atomic mass is 16.6. The van der Waals surface area contributed by atoms with Crippen LogP contribution >= 0.6 is 0 Å². The molecule has 5 heteroatoms. The average molecular weight is 243 g/mol. The van der Waals surface area contributed by atoms with Crippen LogP contribution in [0.4, 0.5) is 5.69 Å². The van der Waals surface area contributed by atoms with Gasteiger partial charge in [-0.1, -0.05) is 13.8 Å². The van der Waals surface area contributed by atoms with Crippen LogP contribution in [0.2, 0.25) is 0 Å². The predicted molar refractivity (Wildman–Crippen MR) is 65.9 cm³/mol. The third-order valence-electron chi connectivity index (χ3n) is 2.91. The van der Waals surface area contributed by atoms with Gasteiger partial charge in [-0.2, -0.15) is 10.5 Å². The summed E-state index contributed by atoms with van der Waals surface area (Å²) in [5, 5.41) is 29.0. The smallest absolute Gasteiger partial charge is 0.258 e. The molecule has 1 aromatic rings. The number of nitro groups is 1. The number of hydrogen-bond acceptors (Lipinski definition) is 4. The molecule has 0 aliphatic carbocycles. The van der Waals surface area contributed by atoms with Gasteiger partial charge in [0.1, 0.15) is 0 Å². The van der Waals surface area contributed by atoms with E-state index in [1.165, 1.54) is 6.07 Å². The number of nitro benzene ring substituents is 1. The van der Waals surface area contributed by atoms with Crippen molar-refractivity contribution in [2.75, 3.05) is 0 Å². The van der Waals surface area contributed by atoms with Crippen molar-refractivity contribution < 1.29 is 4.92 Å². The number of nitriles is 2. The van der Waals surface area contributed by atoms with Gasteiger partial charge in [-0.15, -0.1) is 0 Å². The van der Waals surface area contributed by atoms with Crippen LogP contribution in [-0.4, -0.2) is 4.92 Å². The Kier molecular flexibility index (Phi) is 4.39. The molecular formula is C13H13N3O2. The molecule has 0 unspecified atom stereocenters. The lowest BCUT2D eigenvalue weighted by Gasteiger charge is -2.11. The van der Waals surface area contributed by atoms with Gasteiger partial charge >= 0.3 is 0 Å². The van der Waals surface area contributed by atoms with E-state index in [1.54, 1.807) is 0 Å². The van der Waals surface area contributed by atoms with Crippen LogP contribution in [0.1, 0.15) is 36.1 Å². The van der Waals surface area contributed by atoms with E-state index in [2.05, 4.69) is 6.07 Å². The summed E-state index contributed by atoms with van der Waals surface area (Å²) in [6.45, 7) is 3.68. The molecule has 0 spiro atoms. The number of aryl methyl sites for hydroxylation is 1. The molecule has 0 fully saturated rings. The summed E-state index contributed by atoms with van der Waals surface area (Å²) in [5.74, 6) is 0. The molecule has 0 aliphatic rings. The van der Waals surface area contributed by atoms with Crippen molar-refractivity contribution in [1.82, 2.24) is 0 Å². The van der Waals surface area contributed by atoms with Crippen LogP contribution < -0.4 is 0 Å². The minimum atomic E-state index is -0.480. The van der Waals surface area contributed by atoms with Crippen molar-refractivity contribution in [2.45, 2.75) is 33.1 Å². The minimum absolute atomic E-state index is 0.0435. The fourth-order valence-corrected chi connectivity index (χ4v) is 2.07. The number of hydrogen-bond donors (Lipinski definition) is 0. The number of nitrogens with zero attached hydrogens (tertiary/aromatic N) is 3. The molecule has 1 rings (SSSR count). The van der Waals surface area contributed by atoms with Crippen molar-refractivity contribution in [3.63, 3.8) is 0 Å². The van der Waals surface area contributed by atoms with Gasteiger partial charge < -0.3 is 0 Å². The van der Waals surface area contributed by atoms with Crippen LogP contribution in [0.5, 0.6) is 0 Å². The molecule has 0 saturated heterocycles. The minimum Gasteiger partial charge on any atom is -0.258 e. The third-order valence-corrected chi connectivity index (χ3v) is 2.91. The first-order valence-corrected chi connectivity index (χ1v) is 5.69. The number of benzene rings is 1. The summed E-state index contributed by atoms with van der Waals surface area (Å²) in [7, 11) is 0. The Labute approximate surface area is 105 Å². The van der Waals surface area contributed by atoms with Crippen molar-refractivity contribution in [2.24, 2.45) is 0 Å². The molecule has 0 aliphatic heterocycles. The number of rotatable bonds is 4. The van der Waals surface area contributed by atoms with Gasteiger partial charge in [-0.25, -0.2) is 0 Å². The Morgan fingerprint density at radius 1 is 1.28 bits per heavy atom. The van der Waals surface area contributed by atoms with Crippen LogP contribution in [0.25, 0.3) is 0 Å². The Bertz CT molecular complexity index is 565. The SMILES string of the molecule is CCc1cc([N+](=O)[O-])c(CC#N)c(CC)c1C#N. The lowest BCUT2D eigenvalue weighted by molar-refractivity contribution is -0.385. The molecule has 0 bridgehead atoms. The lowest BCUT2D eigenvalue weighted by Crippen LogP contribution is -2.05. The molecule has 0 amide bonds. The second-order valence-corrected chi connectivity index (χ2v) is 3.80. The molecule has 0 heterocycles. The second-order valence-electron chi connectivity index (χ2n) is 3.80. The van der Waals surface area contributed by atoms with Crippen LogP contribution in [0.3, 0.4) is 0 Å². The van der Waals surface area contributed by atoms with Crippen LogP contribution in [0, 0.1) is 32.8 Å². The first-order valence-electron chi connectivity index (χ1n) is 5.69. The predicted octanol–water partition coefficient (Wildman–Crippen LogP) is 2.66. The first kappa shape index (κ1) is 13.7. The molecule has 5 nitrogen and oxygen atoms in total. The Hall–Kier alpha value is -2.40. The highest BCUT2D eigenvalue weighted by Crippen LogP contribution is 2.30. The summed E-state index contributed by atoms with van der Waals surface area (Å²) in [5.41, 5.74) is 2.10. The topological polar surface area (TPSA) is 90.7 Å². The van der Waals surface area contributed by atoms with Gasteiger partial charge in [0.05, 0.1) is 29.0 Å². The van der Waals surface area contributed by atoms with Gasteiger partial charge in [-0.3, -0.25) is 10.1 Å². The molecule has 0 saturated carbocycles. The zero-order chi connectivity index (χ0) is 13.7. The molecule has 0 radical (unpaired) electrons. The summed E-state index contributed by atoms with van der Waals surface area (Å²) >= 11 is 0. The summed E-state index contributed by atoms with van der Waals surface area (Å²) in [4.78, 5) is 10.6. The standard InChI is InChI=1S/C13H13N3O2/c1-3-9-7-13(16(17)18)11(5-6-14)10(4-2)12(9)8-15/h7H,3-5H2,1-2H3. The monoisotopic (exact) mass is 243 g/mol. The highest BCUT2D eigenvalue weighted by molar-refractivity contribution is 5.58. The quantitative estimate of drug-likeness (QED) is 0.600. The molecular weight excluding hydrogens is 230 g/mol. The van der Waals surface area contributed by atoms with Gasteiger partial charge in [0, 0.05) is 11.6 Å². The van der Waals surface area contributed by atoms with Gasteiger partial charge in [-0.05, 0) is 24.0 Å². The molecule has 0 atom stereocenters. The van der Waals surface area contributed by atoms with Gasteiger partial charge in [0.15, 0.2) is 0 Å². The lowest BCUT2D eigenvalue weighted by atomic mass is 9.91.